The molecular formula is C20H22N2O3. The Labute approximate surface area is 147 Å². The molecule has 0 saturated carbocycles. The minimum Gasteiger partial charge on any atom is -0.497 e. The first kappa shape index (κ1) is 17.0. The zero-order valence-corrected chi connectivity index (χ0v) is 14.7. The summed E-state index contributed by atoms with van der Waals surface area (Å²) < 4.78 is 5.21. The van der Waals surface area contributed by atoms with Crippen LogP contribution in [0.4, 0.5) is 5.69 Å². The highest BCUT2D eigenvalue weighted by Gasteiger charge is 2.32. The quantitative estimate of drug-likeness (QED) is 0.932. The average Bonchev–Trinajstić information content (AvgIpc) is 2.94. The Morgan fingerprint density at radius 3 is 2.56 bits per heavy atom. The summed E-state index contributed by atoms with van der Waals surface area (Å²) in [6.45, 7) is 4.39. The number of benzene rings is 2. The van der Waals surface area contributed by atoms with Crippen LogP contribution in [0.5, 0.6) is 5.75 Å². The summed E-state index contributed by atoms with van der Waals surface area (Å²) in [5.74, 6) is 0.559. The summed E-state index contributed by atoms with van der Waals surface area (Å²) in [5.41, 5.74) is 3.51. The van der Waals surface area contributed by atoms with Gasteiger partial charge in [0, 0.05) is 30.3 Å². The lowest BCUT2D eigenvalue weighted by atomic mass is 10.1. The van der Waals surface area contributed by atoms with Crippen molar-refractivity contribution in [2.45, 2.75) is 26.3 Å². The van der Waals surface area contributed by atoms with Crippen LogP contribution < -0.4 is 15.0 Å². The van der Waals surface area contributed by atoms with E-state index in [0.29, 0.717) is 24.3 Å². The molecule has 1 fully saturated rings. The van der Waals surface area contributed by atoms with Crippen LogP contribution in [0.3, 0.4) is 0 Å². The number of nitrogens with zero attached hydrogens (tertiary/aromatic N) is 1. The topological polar surface area (TPSA) is 58.6 Å². The van der Waals surface area contributed by atoms with Gasteiger partial charge in [-0.15, -0.1) is 0 Å². The van der Waals surface area contributed by atoms with Crippen LogP contribution in [0.15, 0.2) is 42.5 Å². The van der Waals surface area contributed by atoms with Crippen LogP contribution in [0.2, 0.25) is 0 Å². The summed E-state index contributed by atoms with van der Waals surface area (Å²) in [5, 5.41) is 2.98. The second kappa shape index (κ2) is 6.97. The van der Waals surface area contributed by atoms with Crippen molar-refractivity contribution >= 4 is 17.5 Å². The number of anilines is 1. The lowest BCUT2D eigenvalue weighted by Gasteiger charge is -2.18. The molecule has 1 saturated heterocycles. The molecule has 3 rings (SSSR count). The molecule has 0 aromatic heterocycles. The number of amides is 2. The summed E-state index contributed by atoms with van der Waals surface area (Å²) in [6.07, 6.45) is 0.299. The molecule has 1 heterocycles. The molecule has 1 aliphatic rings. The van der Waals surface area contributed by atoms with Gasteiger partial charge in [0.25, 0.3) is 5.91 Å². The molecule has 0 aliphatic carbocycles. The molecule has 0 radical (unpaired) electrons. The fourth-order valence-electron chi connectivity index (χ4n) is 3.21. The van der Waals surface area contributed by atoms with E-state index in [1.165, 1.54) is 0 Å². The van der Waals surface area contributed by atoms with Gasteiger partial charge in [-0.2, -0.15) is 0 Å². The first-order valence-electron chi connectivity index (χ1n) is 8.30. The molecule has 0 spiro atoms. The predicted octanol–water partition coefficient (Wildman–Crippen LogP) is 2.85. The minimum absolute atomic E-state index is 0.000948. The van der Waals surface area contributed by atoms with Crippen molar-refractivity contribution in [2.75, 3.05) is 18.6 Å². The third-order valence-electron chi connectivity index (χ3n) is 4.31. The molecule has 2 aromatic carbocycles. The minimum atomic E-state index is -0.202. The fourth-order valence-corrected chi connectivity index (χ4v) is 3.21. The highest BCUT2D eigenvalue weighted by Crippen LogP contribution is 2.25. The zero-order valence-electron chi connectivity index (χ0n) is 14.7. The molecule has 130 valence electrons. The monoisotopic (exact) mass is 338 g/mol. The summed E-state index contributed by atoms with van der Waals surface area (Å²) >= 11 is 0. The predicted molar refractivity (Wildman–Crippen MR) is 97.1 cm³/mol. The highest BCUT2D eigenvalue weighted by molar-refractivity contribution is 5.99. The number of nitrogens with one attached hydrogen (secondary N) is 1. The van der Waals surface area contributed by atoms with Gasteiger partial charge in [-0.05, 0) is 38.1 Å². The van der Waals surface area contributed by atoms with Crippen molar-refractivity contribution in [2.24, 2.45) is 0 Å². The Balaban J connectivity index is 1.71. The van der Waals surface area contributed by atoms with E-state index in [1.54, 1.807) is 12.0 Å². The Morgan fingerprint density at radius 1 is 1.16 bits per heavy atom. The number of methoxy groups -OCH3 is 1. The van der Waals surface area contributed by atoms with Gasteiger partial charge in [0.05, 0.1) is 13.2 Å². The van der Waals surface area contributed by atoms with Crippen molar-refractivity contribution in [3.8, 4) is 5.75 Å². The molecule has 1 atom stereocenters. The van der Waals surface area contributed by atoms with E-state index in [9.17, 15) is 9.59 Å². The van der Waals surface area contributed by atoms with Crippen molar-refractivity contribution in [3.05, 3.63) is 59.2 Å². The Kier molecular flexibility index (Phi) is 4.74. The summed E-state index contributed by atoms with van der Waals surface area (Å²) in [4.78, 5) is 26.5. The third-order valence-corrected chi connectivity index (χ3v) is 4.31. The van der Waals surface area contributed by atoms with Gasteiger partial charge < -0.3 is 15.0 Å². The zero-order chi connectivity index (χ0) is 18.0. The molecule has 0 bridgehead atoms. The maximum Gasteiger partial charge on any atom is 0.251 e. The van der Waals surface area contributed by atoms with Crippen LogP contribution in [-0.2, 0) is 4.79 Å². The molecule has 2 aromatic rings. The summed E-state index contributed by atoms with van der Waals surface area (Å²) in [7, 11) is 1.60. The highest BCUT2D eigenvalue weighted by atomic mass is 16.5. The normalized spacial score (nSPS) is 16.8. The molecule has 2 amide bonds. The van der Waals surface area contributed by atoms with Crippen LogP contribution >= 0.6 is 0 Å². The van der Waals surface area contributed by atoms with E-state index < -0.39 is 0 Å². The molecule has 1 unspecified atom stereocenters. The first-order valence-corrected chi connectivity index (χ1v) is 8.30. The largest absolute Gasteiger partial charge is 0.497 e. The van der Waals surface area contributed by atoms with Crippen molar-refractivity contribution in [1.29, 1.82) is 0 Å². The lowest BCUT2D eigenvalue weighted by Crippen LogP contribution is -2.37. The Hall–Kier alpha value is -2.82. The van der Waals surface area contributed by atoms with Gasteiger partial charge in [-0.25, -0.2) is 0 Å². The Morgan fingerprint density at radius 2 is 1.88 bits per heavy atom. The first-order chi connectivity index (χ1) is 12.0. The van der Waals surface area contributed by atoms with Crippen LogP contribution in [-0.4, -0.2) is 31.5 Å². The molecule has 5 heteroatoms. The van der Waals surface area contributed by atoms with Crippen LogP contribution in [0.1, 0.15) is 27.9 Å². The lowest BCUT2D eigenvalue weighted by molar-refractivity contribution is -0.117. The second-order valence-electron chi connectivity index (χ2n) is 6.46. The van der Waals surface area contributed by atoms with Gasteiger partial charge in [0.1, 0.15) is 5.75 Å². The molecular weight excluding hydrogens is 316 g/mol. The van der Waals surface area contributed by atoms with E-state index in [1.807, 2.05) is 56.3 Å². The maximum atomic E-state index is 12.5. The molecule has 1 aliphatic heterocycles. The van der Waals surface area contributed by atoms with Crippen LogP contribution in [0.25, 0.3) is 0 Å². The average molecular weight is 338 g/mol. The van der Waals surface area contributed by atoms with E-state index in [4.69, 9.17) is 4.74 Å². The molecule has 25 heavy (non-hydrogen) atoms. The third kappa shape index (κ3) is 3.82. The Bertz CT molecular complexity index is 796. The number of rotatable bonds is 4. The van der Waals surface area contributed by atoms with Gasteiger partial charge in [0.15, 0.2) is 0 Å². The standard InChI is InChI=1S/C20H22N2O3/c1-13-7-14(2)9-15(8-13)20(24)21-16-10-19(23)22(12-16)17-5-4-6-18(11-17)25-3/h4-9,11,16H,10,12H2,1-3H3,(H,21,24). The van der Waals surface area contributed by atoms with E-state index in [2.05, 4.69) is 5.32 Å². The number of aryl methyl sites for hydroxylation is 2. The van der Waals surface area contributed by atoms with Gasteiger partial charge >= 0.3 is 0 Å². The fraction of sp³-hybridized carbons (Fsp3) is 0.300. The second-order valence-corrected chi connectivity index (χ2v) is 6.46. The van der Waals surface area contributed by atoms with Crippen molar-refractivity contribution in [3.63, 3.8) is 0 Å². The van der Waals surface area contributed by atoms with Crippen molar-refractivity contribution in [1.82, 2.24) is 5.32 Å². The van der Waals surface area contributed by atoms with Gasteiger partial charge in [-0.1, -0.05) is 23.3 Å². The summed E-state index contributed by atoms with van der Waals surface area (Å²) in [6, 6.07) is 12.9. The van der Waals surface area contributed by atoms with Crippen LogP contribution in [0, 0.1) is 13.8 Å². The molecule has 1 N–H and O–H groups in total. The van der Waals surface area contributed by atoms with Crippen molar-refractivity contribution < 1.29 is 14.3 Å². The van der Waals surface area contributed by atoms with E-state index in [-0.39, 0.29) is 17.9 Å². The maximum absolute atomic E-state index is 12.5. The number of carbonyl (C=O) groups is 2. The number of hydrogen-bond acceptors (Lipinski definition) is 3. The molecule has 5 nitrogen and oxygen atoms in total. The SMILES string of the molecule is COc1cccc(N2CC(NC(=O)c3cc(C)cc(C)c3)CC2=O)c1. The van der Waals surface area contributed by atoms with E-state index >= 15 is 0 Å². The van der Waals surface area contributed by atoms with Gasteiger partial charge in [-0.3, -0.25) is 9.59 Å². The van der Waals surface area contributed by atoms with E-state index in [0.717, 1.165) is 16.8 Å². The number of ether oxygens (including phenoxy) is 1. The van der Waals surface area contributed by atoms with Gasteiger partial charge in [0.2, 0.25) is 5.91 Å². The number of hydrogen-bond donors (Lipinski definition) is 1. The number of carbonyl (C=O) groups excluding carboxylic acids is 2. The smallest absolute Gasteiger partial charge is 0.251 e.